The van der Waals surface area contributed by atoms with E-state index in [9.17, 15) is 14.4 Å². The summed E-state index contributed by atoms with van der Waals surface area (Å²) in [6.45, 7) is 12.6. The fourth-order valence-corrected chi connectivity index (χ4v) is 3.28. The summed E-state index contributed by atoms with van der Waals surface area (Å²) in [7, 11) is 1.27. The Morgan fingerprint density at radius 1 is 1.17 bits per heavy atom. The Balaban J connectivity index is 2.28. The van der Waals surface area contributed by atoms with Gasteiger partial charge in [-0.05, 0) is 38.3 Å². The number of nitrogens with zero attached hydrogens (tertiary/aromatic N) is 5. The molecule has 1 aromatic heterocycles. The van der Waals surface area contributed by atoms with Crippen LogP contribution in [0.25, 0.3) is 0 Å². The van der Waals surface area contributed by atoms with Crippen molar-refractivity contribution in [2.24, 2.45) is 5.41 Å². The van der Waals surface area contributed by atoms with E-state index in [2.05, 4.69) is 20.7 Å². The van der Waals surface area contributed by atoms with Crippen LogP contribution in [0.4, 0.5) is 4.79 Å². The van der Waals surface area contributed by atoms with Crippen LogP contribution in [0.15, 0.2) is 0 Å². The summed E-state index contributed by atoms with van der Waals surface area (Å²) < 4.78 is 10.2. The fraction of sp³-hybridized carbons (Fsp3) is 0.789. The summed E-state index contributed by atoms with van der Waals surface area (Å²) in [5.41, 5.74) is -1.34. The number of carbonyl (C=O) groups excluding carboxylic acids is 3. The molecule has 0 aliphatic carbocycles. The molecular weight excluding hydrogens is 392 g/mol. The predicted octanol–water partition coefficient (Wildman–Crippen LogP) is 1.24. The van der Waals surface area contributed by atoms with Gasteiger partial charge in [0, 0.05) is 13.0 Å². The molecule has 1 aromatic rings. The van der Waals surface area contributed by atoms with Crippen molar-refractivity contribution in [3.05, 3.63) is 5.82 Å². The van der Waals surface area contributed by atoms with Gasteiger partial charge in [-0.2, -0.15) is 4.80 Å². The molecule has 0 bridgehead atoms. The van der Waals surface area contributed by atoms with Crippen molar-refractivity contribution in [2.75, 3.05) is 13.7 Å². The third-order valence-corrected chi connectivity index (χ3v) is 4.66. The van der Waals surface area contributed by atoms with Crippen molar-refractivity contribution >= 4 is 18.0 Å². The first-order chi connectivity index (χ1) is 13.7. The zero-order valence-corrected chi connectivity index (χ0v) is 18.9. The fourth-order valence-electron chi connectivity index (χ4n) is 3.28. The second-order valence-corrected chi connectivity index (χ2v) is 9.52. The largest absolute Gasteiger partial charge is 0.467 e. The highest BCUT2D eigenvalue weighted by Crippen LogP contribution is 2.31. The number of methoxy groups -OCH3 is 1. The number of ether oxygens (including phenoxy) is 2. The number of esters is 1. The van der Waals surface area contributed by atoms with Crippen molar-refractivity contribution in [1.29, 1.82) is 0 Å². The van der Waals surface area contributed by atoms with Crippen LogP contribution < -0.4 is 5.32 Å². The van der Waals surface area contributed by atoms with E-state index >= 15 is 0 Å². The van der Waals surface area contributed by atoms with Crippen LogP contribution in [0.2, 0.25) is 0 Å². The Kier molecular flexibility index (Phi) is 6.73. The lowest BCUT2D eigenvalue weighted by Gasteiger charge is -2.35. The highest BCUT2D eigenvalue weighted by Gasteiger charge is 2.46. The Labute approximate surface area is 176 Å². The minimum atomic E-state index is -0.913. The summed E-state index contributed by atoms with van der Waals surface area (Å²) in [4.78, 5) is 41.1. The molecular formula is C19H32N6O5. The topological polar surface area (TPSA) is 129 Å². The van der Waals surface area contributed by atoms with Gasteiger partial charge in [0.15, 0.2) is 5.82 Å². The maximum absolute atomic E-state index is 13.5. The van der Waals surface area contributed by atoms with Crippen LogP contribution in [0.3, 0.4) is 0 Å². The lowest BCUT2D eigenvalue weighted by atomic mass is 9.85. The first-order valence-electron chi connectivity index (χ1n) is 9.87. The highest BCUT2D eigenvalue weighted by molar-refractivity contribution is 5.91. The maximum atomic E-state index is 13.5. The van der Waals surface area contributed by atoms with Crippen molar-refractivity contribution in [2.45, 2.75) is 78.6 Å². The molecule has 11 nitrogen and oxygen atoms in total. The second-order valence-electron chi connectivity index (χ2n) is 9.52. The number of aryl methyl sites for hydroxylation is 1. The second kappa shape index (κ2) is 8.57. The Bertz CT molecular complexity index is 794. The molecule has 30 heavy (non-hydrogen) atoms. The number of hydrogen-bond acceptors (Lipinski definition) is 8. The van der Waals surface area contributed by atoms with Crippen LogP contribution in [-0.2, 0) is 19.1 Å². The molecule has 0 radical (unpaired) electrons. The van der Waals surface area contributed by atoms with Crippen LogP contribution >= 0.6 is 0 Å². The van der Waals surface area contributed by atoms with Gasteiger partial charge in [0.2, 0.25) is 5.91 Å². The Hall–Kier alpha value is -2.72. The monoisotopic (exact) mass is 424 g/mol. The number of nitrogens with one attached hydrogen (secondary N) is 1. The smallest absolute Gasteiger partial charge is 0.408 e. The molecule has 2 amide bonds. The predicted molar refractivity (Wildman–Crippen MR) is 106 cm³/mol. The number of alkyl carbamates (subject to hydrolysis) is 1. The van der Waals surface area contributed by atoms with Crippen LogP contribution in [0.1, 0.15) is 59.8 Å². The standard InChI is InChI=1S/C19H32N6O5/c1-11-21-23-25(22-11)12-9-13(16(27)29-8)24(10-12)15(26)14(18(2,3)4)20-17(28)30-19(5,6)7/h12-14H,9-10H2,1-8H3,(H,20,28)/t12-,13+,14-/m1/s1. The van der Waals surface area contributed by atoms with Crippen molar-refractivity contribution in [3.8, 4) is 0 Å². The number of tetrazole rings is 1. The molecule has 1 aliphatic rings. The number of aromatic nitrogens is 4. The summed E-state index contributed by atoms with van der Waals surface area (Å²) in [5, 5.41) is 14.7. The van der Waals surface area contributed by atoms with E-state index in [0.29, 0.717) is 5.82 Å². The molecule has 0 saturated carbocycles. The summed E-state index contributed by atoms with van der Waals surface area (Å²) >= 11 is 0. The molecule has 2 rings (SSSR count). The normalized spacial score (nSPS) is 20.6. The quantitative estimate of drug-likeness (QED) is 0.715. The maximum Gasteiger partial charge on any atom is 0.408 e. The summed E-state index contributed by atoms with van der Waals surface area (Å²) in [6.07, 6.45) is -0.410. The van der Waals surface area contributed by atoms with Crippen molar-refractivity contribution < 1.29 is 23.9 Å². The van der Waals surface area contributed by atoms with E-state index < -0.39 is 41.1 Å². The average molecular weight is 425 g/mol. The van der Waals surface area contributed by atoms with E-state index in [-0.39, 0.29) is 19.0 Å². The number of carbonyl (C=O) groups is 3. The molecule has 1 fully saturated rings. The molecule has 1 aliphatic heterocycles. The lowest BCUT2D eigenvalue weighted by molar-refractivity contribution is -0.152. The molecule has 0 spiro atoms. The molecule has 3 atom stereocenters. The zero-order chi connectivity index (χ0) is 22.9. The van der Waals surface area contributed by atoms with Gasteiger partial charge in [0.05, 0.1) is 13.2 Å². The van der Waals surface area contributed by atoms with Gasteiger partial charge in [0.25, 0.3) is 0 Å². The molecule has 11 heteroatoms. The number of amides is 2. The van der Waals surface area contributed by atoms with E-state index in [1.54, 1.807) is 27.7 Å². The van der Waals surface area contributed by atoms with Gasteiger partial charge < -0.3 is 19.7 Å². The highest BCUT2D eigenvalue weighted by atomic mass is 16.6. The van der Waals surface area contributed by atoms with Crippen LogP contribution in [0, 0.1) is 12.3 Å². The van der Waals surface area contributed by atoms with E-state index in [4.69, 9.17) is 9.47 Å². The minimum absolute atomic E-state index is 0.191. The van der Waals surface area contributed by atoms with E-state index in [0.717, 1.165) is 0 Å². The lowest BCUT2D eigenvalue weighted by Crippen LogP contribution is -2.57. The molecule has 168 valence electrons. The van der Waals surface area contributed by atoms with Gasteiger partial charge in [-0.1, -0.05) is 20.8 Å². The SMILES string of the molecule is COC(=O)[C@@H]1C[C@@H](n2nnc(C)n2)CN1C(=O)[C@@H](NC(=O)OC(C)(C)C)C(C)(C)C. The van der Waals surface area contributed by atoms with Gasteiger partial charge in [-0.3, -0.25) is 4.79 Å². The van der Waals surface area contributed by atoms with Crippen molar-refractivity contribution in [1.82, 2.24) is 30.4 Å². The molecule has 0 aromatic carbocycles. The van der Waals surface area contributed by atoms with Crippen LogP contribution in [-0.4, -0.2) is 74.4 Å². The van der Waals surface area contributed by atoms with Gasteiger partial charge in [-0.15, -0.1) is 10.2 Å². The molecule has 0 unspecified atom stereocenters. The summed E-state index contributed by atoms with van der Waals surface area (Å²) in [5.74, 6) is -0.440. The van der Waals surface area contributed by atoms with Gasteiger partial charge in [0.1, 0.15) is 17.7 Å². The number of hydrogen-bond donors (Lipinski definition) is 1. The third kappa shape index (κ3) is 5.67. The van der Waals surface area contributed by atoms with Crippen LogP contribution in [0.5, 0.6) is 0 Å². The van der Waals surface area contributed by atoms with Crippen molar-refractivity contribution in [3.63, 3.8) is 0 Å². The first-order valence-corrected chi connectivity index (χ1v) is 9.87. The van der Waals surface area contributed by atoms with E-state index in [1.807, 2.05) is 20.8 Å². The zero-order valence-electron chi connectivity index (χ0n) is 18.9. The molecule has 2 heterocycles. The third-order valence-electron chi connectivity index (χ3n) is 4.66. The molecule has 1 saturated heterocycles. The number of rotatable bonds is 4. The number of likely N-dealkylation sites (tertiary alicyclic amines) is 1. The average Bonchev–Trinajstić information content (AvgIpc) is 3.22. The van der Waals surface area contributed by atoms with Gasteiger partial charge in [-0.25, -0.2) is 9.59 Å². The Morgan fingerprint density at radius 2 is 1.80 bits per heavy atom. The van der Waals surface area contributed by atoms with Gasteiger partial charge >= 0.3 is 12.1 Å². The molecule has 1 N–H and O–H groups in total. The minimum Gasteiger partial charge on any atom is -0.467 e. The Morgan fingerprint density at radius 3 is 2.27 bits per heavy atom. The first kappa shape index (κ1) is 23.6. The summed E-state index contributed by atoms with van der Waals surface area (Å²) in [6, 6.07) is -2.06. The van der Waals surface area contributed by atoms with E-state index in [1.165, 1.54) is 16.8 Å².